The summed E-state index contributed by atoms with van der Waals surface area (Å²) < 4.78 is 0. The van der Waals surface area contributed by atoms with Crippen molar-refractivity contribution in [1.82, 2.24) is 16.0 Å². The van der Waals surface area contributed by atoms with Crippen molar-refractivity contribution in [2.24, 2.45) is 11.7 Å². The predicted molar refractivity (Wildman–Crippen MR) is 148 cm³/mol. The number of carbonyl (C=O) groups excluding carboxylic acids is 3. The summed E-state index contributed by atoms with van der Waals surface area (Å²) >= 11 is 3.96. The van der Waals surface area contributed by atoms with Crippen LogP contribution in [0.3, 0.4) is 0 Å². The summed E-state index contributed by atoms with van der Waals surface area (Å²) in [6.45, 7) is 3.56. The van der Waals surface area contributed by atoms with E-state index in [1.807, 2.05) is 6.92 Å². The molecule has 39 heavy (non-hydrogen) atoms. The van der Waals surface area contributed by atoms with Gasteiger partial charge in [0.1, 0.15) is 29.6 Å². The molecule has 0 spiro atoms. The van der Waals surface area contributed by atoms with Gasteiger partial charge in [0.05, 0.1) is 6.04 Å². The Bertz CT molecular complexity index is 1130. The summed E-state index contributed by atoms with van der Waals surface area (Å²) in [6.07, 6.45) is 0.689. The molecule has 0 aliphatic rings. The molecule has 212 valence electrons. The lowest BCUT2D eigenvalue weighted by molar-refractivity contribution is -0.142. The van der Waals surface area contributed by atoms with E-state index in [-0.39, 0.29) is 36.0 Å². The number of carboxylic acid groups (broad SMARTS) is 1. The number of carbonyl (C=O) groups is 4. The number of phenolic OH excluding ortho intramolecular Hbond substituents is 2. The van der Waals surface area contributed by atoms with Crippen LogP contribution in [0.25, 0.3) is 0 Å². The number of phenols is 2. The van der Waals surface area contributed by atoms with E-state index >= 15 is 0 Å². The standard InChI is InChI=1S/C27H36N4O7S/c1-3-15(2)23(26(36)30-22(14-39)27(37)38)31-25(35)21(13-17-6-10-19(33)11-7-17)29-24(34)20(28)12-16-4-8-18(32)9-5-16/h4-11,15,20-23,32-33,39H,3,12-14,28H2,1-2H3,(H,29,34)(H,30,36)(H,31,35)(H,37,38). The maximum absolute atomic E-state index is 13.4. The Labute approximate surface area is 232 Å². The summed E-state index contributed by atoms with van der Waals surface area (Å²) in [6, 6.07) is 7.85. The van der Waals surface area contributed by atoms with Crippen LogP contribution in [0.15, 0.2) is 48.5 Å². The lowest BCUT2D eigenvalue weighted by Crippen LogP contribution is -2.59. The first kappa shape index (κ1) is 31.4. The van der Waals surface area contributed by atoms with Crippen molar-refractivity contribution in [3.05, 3.63) is 59.7 Å². The molecule has 0 bridgehead atoms. The topological polar surface area (TPSA) is 191 Å². The minimum Gasteiger partial charge on any atom is -0.508 e. The Morgan fingerprint density at radius 3 is 1.74 bits per heavy atom. The second kappa shape index (κ2) is 15.0. The first-order valence-electron chi connectivity index (χ1n) is 12.5. The molecule has 12 heteroatoms. The third-order valence-corrected chi connectivity index (χ3v) is 6.69. The van der Waals surface area contributed by atoms with Crippen molar-refractivity contribution in [2.75, 3.05) is 5.75 Å². The van der Waals surface area contributed by atoms with Crippen LogP contribution in [0.2, 0.25) is 0 Å². The molecular weight excluding hydrogens is 524 g/mol. The van der Waals surface area contributed by atoms with Crippen molar-refractivity contribution >= 4 is 36.3 Å². The van der Waals surface area contributed by atoms with Crippen LogP contribution in [0.1, 0.15) is 31.4 Å². The van der Waals surface area contributed by atoms with Gasteiger partial charge in [0.25, 0.3) is 0 Å². The van der Waals surface area contributed by atoms with E-state index in [1.165, 1.54) is 24.3 Å². The molecule has 11 nitrogen and oxygen atoms in total. The molecule has 0 aromatic heterocycles. The Kier molecular flexibility index (Phi) is 12.1. The van der Waals surface area contributed by atoms with Crippen molar-refractivity contribution < 1.29 is 34.5 Å². The smallest absolute Gasteiger partial charge is 0.327 e. The van der Waals surface area contributed by atoms with E-state index in [1.54, 1.807) is 31.2 Å². The maximum Gasteiger partial charge on any atom is 0.327 e. The summed E-state index contributed by atoms with van der Waals surface area (Å²) in [5.41, 5.74) is 7.44. The van der Waals surface area contributed by atoms with Gasteiger partial charge in [-0.2, -0.15) is 12.6 Å². The highest BCUT2D eigenvalue weighted by Gasteiger charge is 2.32. The molecule has 0 heterocycles. The van der Waals surface area contributed by atoms with E-state index in [2.05, 4.69) is 28.6 Å². The molecule has 3 amide bonds. The van der Waals surface area contributed by atoms with Crippen LogP contribution in [0.5, 0.6) is 11.5 Å². The van der Waals surface area contributed by atoms with Gasteiger partial charge >= 0.3 is 5.97 Å². The van der Waals surface area contributed by atoms with Gasteiger partial charge < -0.3 is 37.0 Å². The number of nitrogens with one attached hydrogen (secondary N) is 3. The van der Waals surface area contributed by atoms with Crippen LogP contribution in [0.4, 0.5) is 0 Å². The quantitative estimate of drug-likeness (QED) is 0.155. The molecule has 0 fully saturated rings. The molecule has 2 aromatic carbocycles. The fraction of sp³-hybridized carbons (Fsp3) is 0.407. The molecule has 2 rings (SSSR count). The van der Waals surface area contributed by atoms with Crippen LogP contribution in [-0.2, 0) is 32.0 Å². The van der Waals surface area contributed by atoms with Crippen molar-refractivity contribution in [3.8, 4) is 11.5 Å². The van der Waals surface area contributed by atoms with E-state index in [0.29, 0.717) is 17.5 Å². The highest BCUT2D eigenvalue weighted by atomic mass is 32.1. The van der Waals surface area contributed by atoms with Gasteiger partial charge in [-0.25, -0.2) is 4.79 Å². The molecule has 0 aliphatic heterocycles. The largest absolute Gasteiger partial charge is 0.508 e. The number of rotatable bonds is 14. The highest BCUT2D eigenvalue weighted by molar-refractivity contribution is 7.80. The number of nitrogens with two attached hydrogens (primary N) is 1. The molecule has 8 N–H and O–H groups in total. The number of hydrogen-bond donors (Lipinski definition) is 8. The number of hydrogen-bond acceptors (Lipinski definition) is 8. The summed E-state index contributed by atoms with van der Waals surface area (Å²) in [5, 5.41) is 36.1. The number of thiol groups is 1. The summed E-state index contributed by atoms with van der Waals surface area (Å²) in [4.78, 5) is 50.8. The molecular formula is C27H36N4O7S. The Morgan fingerprint density at radius 2 is 1.28 bits per heavy atom. The Balaban J connectivity index is 2.24. The number of benzene rings is 2. The predicted octanol–water partition coefficient (Wildman–Crippen LogP) is 0.725. The average Bonchev–Trinajstić information content (AvgIpc) is 2.91. The van der Waals surface area contributed by atoms with Crippen molar-refractivity contribution in [1.29, 1.82) is 0 Å². The van der Waals surface area contributed by atoms with Gasteiger partial charge in [-0.15, -0.1) is 0 Å². The van der Waals surface area contributed by atoms with Gasteiger partial charge in [-0.05, 0) is 47.7 Å². The normalized spacial score (nSPS) is 14.8. The highest BCUT2D eigenvalue weighted by Crippen LogP contribution is 2.14. The third kappa shape index (κ3) is 9.80. The Hall–Kier alpha value is -3.77. The van der Waals surface area contributed by atoms with E-state index in [4.69, 9.17) is 5.73 Å². The Morgan fingerprint density at radius 1 is 0.795 bits per heavy atom. The number of amides is 3. The minimum atomic E-state index is -1.26. The molecule has 0 saturated heterocycles. The first-order valence-corrected chi connectivity index (χ1v) is 13.1. The summed E-state index contributed by atoms with van der Waals surface area (Å²) in [5.74, 6) is -3.59. The summed E-state index contributed by atoms with van der Waals surface area (Å²) in [7, 11) is 0. The van der Waals surface area contributed by atoms with Crippen molar-refractivity contribution in [2.45, 2.75) is 57.3 Å². The lowest BCUT2D eigenvalue weighted by atomic mass is 9.96. The van der Waals surface area contributed by atoms with Crippen LogP contribution in [-0.4, -0.2) is 68.9 Å². The average molecular weight is 561 g/mol. The molecule has 0 saturated carbocycles. The fourth-order valence-electron chi connectivity index (χ4n) is 3.74. The second-order valence-electron chi connectivity index (χ2n) is 9.36. The van der Waals surface area contributed by atoms with E-state index in [9.17, 15) is 34.5 Å². The zero-order valence-corrected chi connectivity index (χ0v) is 22.7. The third-order valence-electron chi connectivity index (χ3n) is 6.33. The molecule has 5 unspecified atom stereocenters. The van der Waals surface area contributed by atoms with Gasteiger partial charge in [0.2, 0.25) is 17.7 Å². The van der Waals surface area contributed by atoms with E-state index < -0.39 is 47.9 Å². The van der Waals surface area contributed by atoms with Crippen LogP contribution >= 0.6 is 12.6 Å². The molecule has 5 atom stereocenters. The fourth-order valence-corrected chi connectivity index (χ4v) is 3.98. The minimum absolute atomic E-state index is 0.0328. The number of aromatic hydroxyl groups is 2. The zero-order valence-electron chi connectivity index (χ0n) is 21.8. The van der Waals surface area contributed by atoms with Crippen LogP contribution in [0, 0.1) is 5.92 Å². The molecule has 0 radical (unpaired) electrons. The van der Waals surface area contributed by atoms with Gasteiger partial charge in [0.15, 0.2) is 0 Å². The zero-order chi connectivity index (χ0) is 29.1. The number of aliphatic carboxylic acids is 1. The van der Waals surface area contributed by atoms with Crippen LogP contribution < -0.4 is 21.7 Å². The van der Waals surface area contributed by atoms with Gasteiger partial charge in [0, 0.05) is 12.2 Å². The SMILES string of the molecule is CCC(C)C(NC(=O)C(Cc1ccc(O)cc1)NC(=O)C(N)Cc1ccc(O)cc1)C(=O)NC(CS)C(=O)O. The monoisotopic (exact) mass is 560 g/mol. The number of carboxylic acids is 1. The second-order valence-corrected chi connectivity index (χ2v) is 9.73. The van der Waals surface area contributed by atoms with Gasteiger partial charge in [-0.1, -0.05) is 44.5 Å². The van der Waals surface area contributed by atoms with Crippen molar-refractivity contribution in [3.63, 3.8) is 0 Å². The maximum atomic E-state index is 13.4. The lowest BCUT2D eigenvalue weighted by Gasteiger charge is -2.28. The molecule has 0 aliphatic carbocycles. The van der Waals surface area contributed by atoms with Gasteiger partial charge in [-0.3, -0.25) is 14.4 Å². The van der Waals surface area contributed by atoms with E-state index in [0.717, 1.165) is 0 Å². The molecule has 2 aromatic rings. The first-order chi connectivity index (χ1) is 18.4.